The fourth-order valence-corrected chi connectivity index (χ4v) is 4.77. The largest absolute Gasteiger partial charge is 0.417 e. The van der Waals surface area contributed by atoms with E-state index < -0.39 is 15.8 Å². The summed E-state index contributed by atoms with van der Waals surface area (Å²) in [6.45, 7) is 5.80. The lowest BCUT2D eigenvalue weighted by molar-refractivity contribution is 0.144. The molecule has 1 saturated heterocycles. The van der Waals surface area contributed by atoms with Crippen molar-refractivity contribution in [2.24, 2.45) is 17.1 Å². The van der Waals surface area contributed by atoms with E-state index in [4.69, 9.17) is 10.2 Å². The molecule has 0 bridgehead atoms. The number of H-pyrrole nitrogens is 1. The van der Waals surface area contributed by atoms with Crippen LogP contribution in [0.15, 0.2) is 32.3 Å². The van der Waals surface area contributed by atoms with E-state index in [9.17, 15) is 13.2 Å². The third-order valence-corrected chi connectivity index (χ3v) is 7.01. The summed E-state index contributed by atoms with van der Waals surface area (Å²) in [6.07, 6.45) is 1.59. The van der Waals surface area contributed by atoms with Crippen LogP contribution in [0.25, 0.3) is 11.1 Å². The fourth-order valence-electron chi connectivity index (χ4n) is 3.28. The standard InChI is InChI=1S/C16H23N3O4S/c1-16(2,10-17)11-5-7-19(8-6-11)24(21,22)12-3-4-13-14(9-12)23-15(20)18-13/h3-4,9,11H,5-8,10,17H2,1-2H3,(H,18,20). The van der Waals surface area contributed by atoms with Crippen molar-refractivity contribution >= 4 is 21.1 Å². The number of nitrogens with two attached hydrogens (primary N) is 1. The Morgan fingerprint density at radius 1 is 1.33 bits per heavy atom. The highest BCUT2D eigenvalue weighted by atomic mass is 32.2. The number of nitrogens with zero attached hydrogens (tertiary/aromatic N) is 1. The highest BCUT2D eigenvalue weighted by Crippen LogP contribution is 2.35. The molecule has 8 heteroatoms. The van der Waals surface area contributed by atoms with E-state index in [-0.39, 0.29) is 15.9 Å². The van der Waals surface area contributed by atoms with E-state index in [1.807, 2.05) is 0 Å². The number of oxazole rings is 1. The summed E-state index contributed by atoms with van der Waals surface area (Å²) < 4.78 is 32.1. The van der Waals surface area contributed by atoms with Crippen LogP contribution in [0.3, 0.4) is 0 Å². The fraction of sp³-hybridized carbons (Fsp3) is 0.562. The second-order valence-corrected chi connectivity index (χ2v) is 8.98. The molecular formula is C16H23N3O4S. The van der Waals surface area contributed by atoms with E-state index in [1.165, 1.54) is 16.4 Å². The van der Waals surface area contributed by atoms with Gasteiger partial charge in [-0.05, 0) is 42.9 Å². The Morgan fingerprint density at radius 2 is 2.00 bits per heavy atom. The minimum absolute atomic E-state index is 0.0172. The van der Waals surface area contributed by atoms with Crippen molar-refractivity contribution in [2.75, 3.05) is 19.6 Å². The average Bonchev–Trinajstić information content (AvgIpc) is 2.94. The van der Waals surface area contributed by atoms with Gasteiger partial charge in [-0.3, -0.25) is 4.98 Å². The molecule has 132 valence electrons. The summed E-state index contributed by atoms with van der Waals surface area (Å²) in [4.78, 5) is 13.9. The van der Waals surface area contributed by atoms with Gasteiger partial charge >= 0.3 is 5.76 Å². The van der Waals surface area contributed by atoms with Crippen LogP contribution in [0.4, 0.5) is 0 Å². The van der Waals surface area contributed by atoms with Gasteiger partial charge in [-0.25, -0.2) is 13.2 Å². The molecule has 1 aromatic heterocycles. The number of aromatic nitrogens is 1. The number of sulfonamides is 1. The number of benzene rings is 1. The Bertz CT molecular complexity index is 889. The molecule has 2 heterocycles. The van der Waals surface area contributed by atoms with Gasteiger partial charge in [0.2, 0.25) is 10.0 Å². The van der Waals surface area contributed by atoms with Crippen molar-refractivity contribution in [1.29, 1.82) is 0 Å². The van der Waals surface area contributed by atoms with Crippen molar-refractivity contribution in [3.8, 4) is 0 Å². The molecule has 1 aliphatic rings. The first-order chi connectivity index (χ1) is 11.2. The third kappa shape index (κ3) is 3.01. The second kappa shape index (κ2) is 6.02. The molecule has 2 aromatic rings. The number of rotatable bonds is 4. The Morgan fingerprint density at radius 3 is 2.62 bits per heavy atom. The molecule has 0 saturated carbocycles. The van der Waals surface area contributed by atoms with Crippen molar-refractivity contribution in [2.45, 2.75) is 31.6 Å². The lowest BCUT2D eigenvalue weighted by Gasteiger charge is -2.39. The third-order valence-electron chi connectivity index (χ3n) is 5.12. The molecule has 1 aromatic carbocycles. The number of aromatic amines is 1. The van der Waals surface area contributed by atoms with Gasteiger partial charge in [-0.15, -0.1) is 0 Å². The van der Waals surface area contributed by atoms with E-state index in [1.54, 1.807) is 6.07 Å². The maximum atomic E-state index is 12.8. The molecular weight excluding hydrogens is 330 g/mol. The second-order valence-electron chi connectivity index (χ2n) is 7.04. The van der Waals surface area contributed by atoms with Crippen LogP contribution >= 0.6 is 0 Å². The van der Waals surface area contributed by atoms with Gasteiger partial charge in [0.05, 0.1) is 10.4 Å². The molecule has 0 spiro atoms. The van der Waals surface area contributed by atoms with Crippen LogP contribution in [0.1, 0.15) is 26.7 Å². The first-order valence-electron chi connectivity index (χ1n) is 8.07. The Hall–Kier alpha value is -1.64. The van der Waals surface area contributed by atoms with E-state index in [2.05, 4.69) is 18.8 Å². The maximum absolute atomic E-state index is 12.8. The first-order valence-corrected chi connectivity index (χ1v) is 9.51. The van der Waals surface area contributed by atoms with E-state index in [0.29, 0.717) is 31.1 Å². The topological polar surface area (TPSA) is 109 Å². The highest BCUT2D eigenvalue weighted by molar-refractivity contribution is 7.89. The zero-order chi connectivity index (χ0) is 17.5. The van der Waals surface area contributed by atoms with Gasteiger partial charge in [0.25, 0.3) is 0 Å². The molecule has 24 heavy (non-hydrogen) atoms. The number of fused-ring (bicyclic) bond motifs is 1. The minimum Gasteiger partial charge on any atom is -0.408 e. The number of piperidine rings is 1. The predicted molar refractivity (Wildman–Crippen MR) is 91.2 cm³/mol. The van der Waals surface area contributed by atoms with Crippen LogP contribution in [-0.2, 0) is 10.0 Å². The van der Waals surface area contributed by atoms with Crippen LogP contribution in [0.2, 0.25) is 0 Å². The summed E-state index contributed by atoms with van der Waals surface area (Å²) >= 11 is 0. The zero-order valence-electron chi connectivity index (χ0n) is 13.9. The Balaban J connectivity index is 1.82. The molecule has 0 amide bonds. The van der Waals surface area contributed by atoms with Gasteiger partial charge in [0.15, 0.2) is 5.58 Å². The zero-order valence-corrected chi connectivity index (χ0v) is 14.7. The number of nitrogens with one attached hydrogen (secondary N) is 1. The summed E-state index contributed by atoms with van der Waals surface area (Å²) in [5.41, 5.74) is 6.59. The first kappa shape index (κ1) is 17.2. The van der Waals surface area contributed by atoms with Crippen molar-refractivity contribution in [3.63, 3.8) is 0 Å². The molecule has 1 aliphatic heterocycles. The molecule has 0 atom stereocenters. The molecule has 1 fully saturated rings. The summed E-state index contributed by atoms with van der Waals surface area (Å²) in [5, 5.41) is 0. The molecule has 0 aliphatic carbocycles. The van der Waals surface area contributed by atoms with Crippen LogP contribution in [-0.4, -0.2) is 37.3 Å². The van der Waals surface area contributed by atoms with Crippen molar-refractivity contribution < 1.29 is 12.8 Å². The summed E-state index contributed by atoms with van der Waals surface area (Å²) in [6, 6.07) is 4.45. The molecule has 3 N–H and O–H groups in total. The lowest BCUT2D eigenvalue weighted by atomic mass is 9.74. The molecule has 0 unspecified atom stereocenters. The van der Waals surface area contributed by atoms with Crippen molar-refractivity contribution in [3.05, 3.63) is 28.7 Å². The normalized spacial score (nSPS) is 18.3. The molecule has 0 radical (unpaired) electrons. The SMILES string of the molecule is CC(C)(CN)C1CCN(S(=O)(=O)c2ccc3[nH]c(=O)oc3c2)CC1. The van der Waals surface area contributed by atoms with Gasteiger partial charge in [-0.1, -0.05) is 13.8 Å². The number of hydrogen-bond acceptors (Lipinski definition) is 5. The average molecular weight is 353 g/mol. The maximum Gasteiger partial charge on any atom is 0.417 e. The monoisotopic (exact) mass is 353 g/mol. The Kier molecular flexibility index (Phi) is 4.31. The van der Waals surface area contributed by atoms with Crippen LogP contribution < -0.4 is 11.5 Å². The molecule has 7 nitrogen and oxygen atoms in total. The van der Waals surface area contributed by atoms with Gasteiger partial charge in [0.1, 0.15) is 0 Å². The van der Waals surface area contributed by atoms with E-state index in [0.717, 1.165) is 12.8 Å². The smallest absolute Gasteiger partial charge is 0.408 e. The highest BCUT2D eigenvalue weighted by Gasteiger charge is 2.35. The van der Waals surface area contributed by atoms with Crippen molar-refractivity contribution in [1.82, 2.24) is 9.29 Å². The van der Waals surface area contributed by atoms with Gasteiger partial charge in [-0.2, -0.15) is 4.31 Å². The van der Waals surface area contributed by atoms with Crippen LogP contribution in [0.5, 0.6) is 0 Å². The van der Waals surface area contributed by atoms with E-state index >= 15 is 0 Å². The predicted octanol–water partition coefficient (Wildman–Crippen LogP) is 1.51. The van der Waals surface area contributed by atoms with Gasteiger partial charge in [0, 0.05) is 19.2 Å². The molecule has 3 rings (SSSR count). The summed E-state index contributed by atoms with van der Waals surface area (Å²) in [5.74, 6) is -0.177. The van der Waals surface area contributed by atoms with Gasteiger partial charge < -0.3 is 10.2 Å². The van der Waals surface area contributed by atoms with Crippen LogP contribution in [0, 0.1) is 11.3 Å². The number of hydrogen-bond donors (Lipinski definition) is 2. The quantitative estimate of drug-likeness (QED) is 0.866. The Labute approximate surface area is 140 Å². The minimum atomic E-state index is -3.59. The summed E-state index contributed by atoms with van der Waals surface area (Å²) in [7, 11) is -3.59. The lowest BCUT2D eigenvalue weighted by Crippen LogP contribution is -2.43.